The molecule has 0 aliphatic carbocycles. The van der Waals surface area contributed by atoms with Crippen molar-refractivity contribution in [2.24, 2.45) is 7.05 Å². The summed E-state index contributed by atoms with van der Waals surface area (Å²) in [5, 5.41) is 4.23. The van der Waals surface area contributed by atoms with E-state index in [2.05, 4.69) is 83.1 Å². The predicted octanol–water partition coefficient (Wildman–Crippen LogP) is 4.21. The maximum atomic E-state index is 5.74. The highest BCUT2D eigenvalue weighted by Crippen LogP contribution is 2.41. The Morgan fingerprint density at radius 2 is 1.77 bits per heavy atom. The van der Waals surface area contributed by atoms with Gasteiger partial charge in [0.15, 0.2) is 5.11 Å². The van der Waals surface area contributed by atoms with E-state index >= 15 is 0 Å². The second-order valence-electron chi connectivity index (χ2n) is 6.79. The smallest absolute Gasteiger partial charge is 0.174 e. The van der Waals surface area contributed by atoms with Gasteiger partial charge in [-0.1, -0.05) is 23.8 Å². The molecule has 1 saturated heterocycles. The summed E-state index contributed by atoms with van der Waals surface area (Å²) in [6, 6.07) is 18.9. The first-order valence-corrected chi connectivity index (χ1v) is 9.16. The highest BCUT2D eigenvalue weighted by Gasteiger charge is 2.41. The summed E-state index contributed by atoms with van der Waals surface area (Å²) in [6.07, 6.45) is 1.84. The van der Waals surface area contributed by atoms with Crippen molar-refractivity contribution in [1.29, 1.82) is 0 Å². The van der Waals surface area contributed by atoms with Gasteiger partial charge in [0.1, 0.15) is 6.04 Å². The Bertz CT molecular complexity index is 930. The van der Waals surface area contributed by atoms with Gasteiger partial charge in [-0.25, -0.2) is 0 Å². The van der Waals surface area contributed by atoms with E-state index in [4.69, 9.17) is 12.2 Å². The molecule has 5 heteroatoms. The number of benzene rings is 1. The summed E-state index contributed by atoms with van der Waals surface area (Å²) in [4.78, 5) is 6.80. The Morgan fingerprint density at radius 3 is 2.38 bits per heavy atom. The van der Waals surface area contributed by atoms with Crippen LogP contribution in [0.5, 0.6) is 0 Å². The average Bonchev–Trinajstić information content (AvgIpc) is 3.16. The highest BCUT2D eigenvalue weighted by atomic mass is 32.1. The van der Waals surface area contributed by atoms with Crippen LogP contribution in [0.4, 0.5) is 5.69 Å². The van der Waals surface area contributed by atoms with Gasteiger partial charge < -0.3 is 14.8 Å². The van der Waals surface area contributed by atoms with Crippen molar-refractivity contribution >= 4 is 23.0 Å². The Balaban J connectivity index is 1.85. The minimum Gasteiger partial charge on any atom is -0.351 e. The zero-order valence-corrected chi connectivity index (χ0v) is 16.0. The number of hydrogen-bond donors (Lipinski definition) is 1. The van der Waals surface area contributed by atoms with E-state index in [1.165, 1.54) is 17.0 Å². The number of nitrogens with zero attached hydrogens (tertiary/aromatic N) is 3. The minimum absolute atomic E-state index is 0.00185. The molecule has 132 valence electrons. The monoisotopic (exact) mass is 362 g/mol. The molecule has 0 unspecified atom stereocenters. The molecule has 0 spiro atoms. The van der Waals surface area contributed by atoms with Crippen LogP contribution in [0.25, 0.3) is 0 Å². The number of aromatic nitrogens is 2. The lowest BCUT2D eigenvalue weighted by Crippen LogP contribution is -2.30. The van der Waals surface area contributed by atoms with Gasteiger partial charge in [-0.15, -0.1) is 0 Å². The summed E-state index contributed by atoms with van der Waals surface area (Å²) in [5.74, 6) is 0. The van der Waals surface area contributed by atoms with Crippen molar-refractivity contribution in [2.75, 3.05) is 4.90 Å². The lowest BCUT2D eigenvalue weighted by molar-refractivity contribution is 0.539. The van der Waals surface area contributed by atoms with Crippen LogP contribution < -0.4 is 10.2 Å². The molecule has 1 aliphatic rings. The minimum atomic E-state index is -0.00185. The van der Waals surface area contributed by atoms with Crippen LogP contribution in [-0.2, 0) is 7.05 Å². The van der Waals surface area contributed by atoms with Crippen LogP contribution in [-0.4, -0.2) is 14.7 Å². The number of anilines is 1. The van der Waals surface area contributed by atoms with Crippen LogP contribution in [0.3, 0.4) is 0 Å². The highest BCUT2D eigenvalue weighted by molar-refractivity contribution is 7.80. The Morgan fingerprint density at radius 1 is 1.00 bits per heavy atom. The zero-order chi connectivity index (χ0) is 18.3. The summed E-state index contributed by atoms with van der Waals surface area (Å²) < 4.78 is 2.23. The number of rotatable bonds is 3. The fourth-order valence-corrected chi connectivity index (χ4v) is 3.91. The maximum absolute atomic E-state index is 5.74. The van der Waals surface area contributed by atoms with Crippen LogP contribution in [0.2, 0.25) is 0 Å². The van der Waals surface area contributed by atoms with E-state index in [0.29, 0.717) is 0 Å². The van der Waals surface area contributed by atoms with Crippen LogP contribution >= 0.6 is 12.2 Å². The van der Waals surface area contributed by atoms with Crippen molar-refractivity contribution in [3.8, 4) is 0 Å². The van der Waals surface area contributed by atoms with Gasteiger partial charge in [0, 0.05) is 30.3 Å². The molecule has 3 aromatic rings. The number of hydrogen-bond acceptors (Lipinski definition) is 2. The molecule has 2 aromatic heterocycles. The molecular formula is C21H22N4S. The number of pyridine rings is 1. The summed E-state index contributed by atoms with van der Waals surface area (Å²) in [6.45, 7) is 4.22. The molecule has 0 amide bonds. The van der Waals surface area contributed by atoms with Gasteiger partial charge in [-0.05, 0) is 62.5 Å². The molecule has 0 bridgehead atoms. The molecule has 2 atom stereocenters. The van der Waals surface area contributed by atoms with Gasteiger partial charge >= 0.3 is 0 Å². The summed E-state index contributed by atoms with van der Waals surface area (Å²) >= 11 is 5.74. The molecule has 1 fully saturated rings. The van der Waals surface area contributed by atoms with Crippen molar-refractivity contribution in [3.05, 3.63) is 83.4 Å². The van der Waals surface area contributed by atoms with E-state index in [0.717, 1.165) is 16.5 Å². The van der Waals surface area contributed by atoms with Gasteiger partial charge in [0.25, 0.3) is 0 Å². The molecule has 1 aromatic carbocycles. The van der Waals surface area contributed by atoms with E-state index < -0.39 is 0 Å². The lowest BCUT2D eigenvalue weighted by Gasteiger charge is -2.28. The first-order valence-electron chi connectivity index (χ1n) is 8.76. The second kappa shape index (κ2) is 6.57. The van der Waals surface area contributed by atoms with Crippen LogP contribution in [0.1, 0.15) is 34.7 Å². The second-order valence-corrected chi connectivity index (χ2v) is 7.18. The van der Waals surface area contributed by atoms with Gasteiger partial charge in [-0.3, -0.25) is 4.98 Å². The van der Waals surface area contributed by atoms with Gasteiger partial charge in [-0.2, -0.15) is 0 Å². The van der Waals surface area contributed by atoms with E-state index in [9.17, 15) is 0 Å². The normalized spacial score (nSPS) is 19.7. The first-order chi connectivity index (χ1) is 12.6. The van der Waals surface area contributed by atoms with E-state index in [1.807, 2.05) is 18.3 Å². The predicted molar refractivity (Wildman–Crippen MR) is 109 cm³/mol. The van der Waals surface area contributed by atoms with Crippen molar-refractivity contribution in [2.45, 2.75) is 25.9 Å². The van der Waals surface area contributed by atoms with Crippen molar-refractivity contribution < 1.29 is 0 Å². The molecule has 1 N–H and O–H groups in total. The summed E-state index contributed by atoms with van der Waals surface area (Å²) in [5.41, 5.74) is 5.76. The largest absolute Gasteiger partial charge is 0.351 e. The molecular weight excluding hydrogens is 340 g/mol. The molecule has 1 aliphatic heterocycles. The number of thiocarbonyl (C=S) groups is 1. The third-order valence-corrected chi connectivity index (χ3v) is 5.44. The quantitative estimate of drug-likeness (QED) is 0.708. The maximum Gasteiger partial charge on any atom is 0.174 e. The Kier molecular flexibility index (Phi) is 4.24. The Labute approximate surface area is 159 Å². The third kappa shape index (κ3) is 2.78. The molecule has 0 radical (unpaired) electrons. The van der Waals surface area contributed by atoms with E-state index in [1.54, 1.807) is 0 Å². The van der Waals surface area contributed by atoms with E-state index in [-0.39, 0.29) is 12.1 Å². The van der Waals surface area contributed by atoms with Crippen molar-refractivity contribution in [3.63, 3.8) is 0 Å². The molecule has 26 heavy (non-hydrogen) atoms. The summed E-state index contributed by atoms with van der Waals surface area (Å²) in [7, 11) is 2.11. The topological polar surface area (TPSA) is 33.1 Å². The van der Waals surface area contributed by atoms with Crippen LogP contribution in [0.15, 0.2) is 60.8 Å². The third-order valence-electron chi connectivity index (χ3n) is 5.12. The first kappa shape index (κ1) is 16.8. The lowest BCUT2D eigenvalue weighted by atomic mass is 10.0. The Hall–Kier alpha value is -2.66. The fourth-order valence-electron chi connectivity index (χ4n) is 3.57. The van der Waals surface area contributed by atoms with Crippen molar-refractivity contribution in [1.82, 2.24) is 14.9 Å². The number of nitrogens with one attached hydrogen (secondary N) is 1. The zero-order valence-electron chi connectivity index (χ0n) is 15.2. The molecule has 4 nitrogen and oxygen atoms in total. The number of aryl methyl sites for hydroxylation is 2. The molecule has 3 heterocycles. The molecule has 0 saturated carbocycles. The average molecular weight is 363 g/mol. The SMILES string of the molecule is Cc1ccc(N2C(=S)N[C@H](c3ccccn3)[C@H]2c2ccc(C)n2C)cc1. The van der Waals surface area contributed by atoms with Crippen LogP contribution in [0, 0.1) is 13.8 Å². The van der Waals surface area contributed by atoms with Gasteiger partial charge in [0.05, 0.1) is 11.7 Å². The standard InChI is InChI=1S/C21H22N4S/c1-14-7-10-16(11-8-14)25-20(18-12-9-15(2)24(18)3)19(23-21(25)26)17-6-4-5-13-22-17/h4-13,19-20H,1-3H3,(H,23,26)/t19-,20-/m1/s1. The van der Waals surface area contributed by atoms with Gasteiger partial charge in [0.2, 0.25) is 0 Å². The molecule has 4 rings (SSSR count). The fraction of sp³-hybridized carbons (Fsp3) is 0.238.